The third-order valence-electron chi connectivity index (χ3n) is 3.94. The highest BCUT2D eigenvalue weighted by Crippen LogP contribution is 2.17. The van der Waals surface area contributed by atoms with E-state index in [1.807, 2.05) is 6.92 Å². The highest BCUT2D eigenvalue weighted by molar-refractivity contribution is 5.79. The molecule has 0 aliphatic heterocycles. The summed E-state index contributed by atoms with van der Waals surface area (Å²) in [6, 6.07) is 12.2. The molecule has 29 heavy (non-hydrogen) atoms. The van der Waals surface area contributed by atoms with Crippen molar-refractivity contribution in [3.8, 4) is 5.75 Å². The van der Waals surface area contributed by atoms with Gasteiger partial charge in [-0.25, -0.2) is 4.39 Å². The molecule has 2 aromatic rings. The molecule has 0 bridgehead atoms. The summed E-state index contributed by atoms with van der Waals surface area (Å²) in [5, 5.41) is 26.9. The fourth-order valence-electron chi connectivity index (χ4n) is 2.46. The van der Waals surface area contributed by atoms with E-state index in [0.29, 0.717) is 36.8 Å². The molecule has 0 saturated carbocycles. The van der Waals surface area contributed by atoms with E-state index in [2.05, 4.69) is 15.6 Å². The zero-order chi connectivity index (χ0) is 21.1. The number of halogens is 1. The number of hydrogen-bond acceptors (Lipinski definition) is 5. The van der Waals surface area contributed by atoms with Crippen LogP contribution in [0.4, 0.5) is 10.1 Å². The van der Waals surface area contributed by atoms with Crippen LogP contribution < -0.4 is 15.4 Å². The maximum atomic E-state index is 13.6. The van der Waals surface area contributed by atoms with Crippen molar-refractivity contribution in [2.75, 3.05) is 26.2 Å². The first-order valence-electron chi connectivity index (χ1n) is 9.30. The molecule has 0 spiro atoms. The lowest BCUT2D eigenvalue weighted by Gasteiger charge is -2.14. The van der Waals surface area contributed by atoms with E-state index in [1.54, 1.807) is 18.2 Å². The minimum Gasteiger partial charge on any atom is -0.491 e. The van der Waals surface area contributed by atoms with Gasteiger partial charge in [0.05, 0.1) is 11.5 Å². The smallest absolute Gasteiger partial charge is 0.269 e. The molecule has 0 amide bonds. The Balaban J connectivity index is 1.78. The van der Waals surface area contributed by atoms with Gasteiger partial charge >= 0.3 is 0 Å². The summed E-state index contributed by atoms with van der Waals surface area (Å²) in [5.41, 5.74) is 0.589. The second kappa shape index (κ2) is 11.6. The molecule has 0 aromatic heterocycles. The van der Waals surface area contributed by atoms with Gasteiger partial charge in [-0.1, -0.05) is 18.2 Å². The summed E-state index contributed by atoms with van der Waals surface area (Å²) in [4.78, 5) is 14.4. The second-order valence-electron chi connectivity index (χ2n) is 6.20. The van der Waals surface area contributed by atoms with Crippen molar-refractivity contribution in [2.45, 2.75) is 19.4 Å². The van der Waals surface area contributed by atoms with Crippen LogP contribution >= 0.6 is 0 Å². The Morgan fingerprint density at radius 3 is 2.62 bits per heavy atom. The Bertz CT molecular complexity index is 814. The highest BCUT2D eigenvalue weighted by Gasteiger charge is 2.08. The molecular weight excluding hydrogens is 379 g/mol. The molecule has 2 rings (SSSR count). The van der Waals surface area contributed by atoms with Gasteiger partial charge in [-0.05, 0) is 37.1 Å². The van der Waals surface area contributed by atoms with E-state index in [4.69, 9.17) is 4.74 Å². The number of guanidine groups is 1. The maximum absolute atomic E-state index is 13.6. The molecule has 0 fully saturated rings. The van der Waals surface area contributed by atoms with Crippen LogP contribution in [0.1, 0.15) is 12.5 Å². The fourth-order valence-corrected chi connectivity index (χ4v) is 2.46. The molecule has 0 aliphatic rings. The number of nitro groups is 1. The quantitative estimate of drug-likeness (QED) is 0.243. The lowest BCUT2D eigenvalue weighted by molar-refractivity contribution is -0.384. The third-order valence-corrected chi connectivity index (χ3v) is 3.94. The van der Waals surface area contributed by atoms with Gasteiger partial charge in [-0.3, -0.25) is 15.1 Å². The van der Waals surface area contributed by atoms with Crippen molar-refractivity contribution in [3.05, 3.63) is 70.0 Å². The van der Waals surface area contributed by atoms with E-state index in [-0.39, 0.29) is 24.7 Å². The summed E-state index contributed by atoms with van der Waals surface area (Å²) in [6.07, 6.45) is -0.352. The minimum atomic E-state index is -0.854. The highest BCUT2D eigenvalue weighted by atomic mass is 19.1. The van der Waals surface area contributed by atoms with E-state index in [0.717, 1.165) is 0 Å². The summed E-state index contributed by atoms with van der Waals surface area (Å²) in [6.45, 7) is 3.14. The van der Waals surface area contributed by atoms with Gasteiger partial charge in [0.1, 0.15) is 24.3 Å². The number of nitrogens with one attached hydrogen (secondary N) is 2. The molecule has 0 radical (unpaired) electrons. The molecule has 2 aromatic carbocycles. The van der Waals surface area contributed by atoms with Crippen LogP contribution in [0.2, 0.25) is 0 Å². The average molecular weight is 404 g/mol. The molecule has 1 unspecified atom stereocenters. The van der Waals surface area contributed by atoms with Crippen molar-refractivity contribution < 1.29 is 19.2 Å². The molecular formula is C20H25FN4O4. The molecule has 1 atom stereocenters. The van der Waals surface area contributed by atoms with E-state index in [9.17, 15) is 19.6 Å². The van der Waals surface area contributed by atoms with E-state index in [1.165, 1.54) is 30.3 Å². The number of aliphatic hydroxyl groups is 1. The Kier molecular flexibility index (Phi) is 8.84. The number of nitro benzene ring substituents is 1. The topological polar surface area (TPSA) is 109 Å². The largest absolute Gasteiger partial charge is 0.491 e. The Labute approximate surface area is 168 Å². The Morgan fingerprint density at radius 1 is 1.24 bits per heavy atom. The molecule has 156 valence electrons. The van der Waals surface area contributed by atoms with Gasteiger partial charge < -0.3 is 20.5 Å². The number of non-ortho nitro benzene ring substituents is 1. The standard InChI is InChI=1S/C20H25FN4O4/c1-2-22-20(23-12-11-15-5-3-4-6-19(15)21)24-13-17(26)14-29-18-9-7-16(8-10-18)25(27)28/h3-10,17,26H,2,11-14H2,1H3,(H2,22,23,24). The van der Waals surface area contributed by atoms with Gasteiger partial charge in [0.15, 0.2) is 5.96 Å². The molecule has 8 nitrogen and oxygen atoms in total. The zero-order valence-corrected chi connectivity index (χ0v) is 16.2. The Hall–Kier alpha value is -3.20. The number of aliphatic imine (C=N–C) groups is 1. The monoisotopic (exact) mass is 404 g/mol. The van der Waals surface area contributed by atoms with Gasteiger partial charge in [-0.15, -0.1) is 0 Å². The minimum absolute atomic E-state index is 0.00403. The van der Waals surface area contributed by atoms with Crippen LogP contribution in [0.25, 0.3) is 0 Å². The summed E-state index contributed by atoms with van der Waals surface area (Å²) >= 11 is 0. The van der Waals surface area contributed by atoms with Crippen molar-refractivity contribution in [3.63, 3.8) is 0 Å². The number of rotatable bonds is 10. The van der Waals surface area contributed by atoms with Crippen LogP contribution in [-0.2, 0) is 6.42 Å². The van der Waals surface area contributed by atoms with Crippen LogP contribution in [-0.4, -0.2) is 48.3 Å². The normalized spacial score (nSPS) is 12.3. The van der Waals surface area contributed by atoms with Gasteiger partial charge in [-0.2, -0.15) is 0 Å². The summed E-state index contributed by atoms with van der Waals surface area (Å²) in [5.74, 6) is 0.696. The molecule has 0 heterocycles. The van der Waals surface area contributed by atoms with Gasteiger partial charge in [0, 0.05) is 25.2 Å². The SMILES string of the molecule is CCNC(=NCC(O)COc1ccc([N+](=O)[O-])cc1)NCCc1ccccc1F. The van der Waals surface area contributed by atoms with Crippen LogP contribution in [0.15, 0.2) is 53.5 Å². The summed E-state index contributed by atoms with van der Waals surface area (Å²) in [7, 11) is 0. The molecule has 9 heteroatoms. The number of ether oxygens (including phenoxy) is 1. The maximum Gasteiger partial charge on any atom is 0.269 e. The molecule has 0 aliphatic carbocycles. The van der Waals surface area contributed by atoms with Crippen molar-refractivity contribution >= 4 is 11.6 Å². The first-order valence-corrected chi connectivity index (χ1v) is 9.30. The number of benzene rings is 2. The van der Waals surface area contributed by atoms with Crippen LogP contribution in [0.5, 0.6) is 5.75 Å². The average Bonchev–Trinajstić information content (AvgIpc) is 2.72. The van der Waals surface area contributed by atoms with Gasteiger partial charge in [0.2, 0.25) is 0 Å². The van der Waals surface area contributed by atoms with Gasteiger partial charge in [0.25, 0.3) is 5.69 Å². The van der Waals surface area contributed by atoms with Crippen LogP contribution in [0, 0.1) is 15.9 Å². The van der Waals surface area contributed by atoms with E-state index >= 15 is 0 Å². The summed E-state index contributed by atoms with van der Waals surface area (Å²) < 4.78 is 19.1. The lowest BCUT2D eigenvalue weighted by atomic mass is 10.1. The first-order chi connectivity index (χ1) is 14.0. The fraction of sp³-hybridized carbons (Fsp3) is 0.350. The van der Waals surface area contributed by atoms with Crippen LogP contribution in [0.3, 0.4) is 0 Å². The number of nitrogens with zero attached hydrogens (tertiary/aromatic N) is 2. The Morgan fingerprint density at radius 2 is 1.97 bits per heavy atom. The molecule has 0 saturated heterocycles. The van der Waals surface area contributed by atoms with Crippen molar-refractivity contribution in [1.82, 2.24) is 10.6 Å². The predicted molar refractivity (Wildman–Crippen MR) is 109 cm³/mol. The lowest BCUT2D eigenvalue weighted by Crippen LogP contribution is -2.39. The predicted octanol–water partition coefficient (Wildman–Crippen LogP) is 2.27. The number of aliphatic hydroxyl groups excluding tert-OH is 1. The number of hydrogen-bond donors (Lipinski definition) is 3. The second-order valence-corrected chi connectivity index (χ2v) is 6.20. The van der Waals surface area contributed by atoms with Crippen molar-refractivity contribution in [1.29, 1.82) is 0 Å². The first kappa shape index (κ1) is 22.1. The van der Waals surface area contributed by atoms with E-state index < -0.39 is 11.0 Å². The third kappa shape index (κ3) is 7.74. The molecule has 3 N–H and O–H groups in total. The zero-order valence-electron chi connectivity index (χ0n) is 16.2. The van der Waals surface area contributed by atoms with Crippen molar-refractivity contribution in [2.24, 2.45) is 4.99 Å².